The smallest absolute Gasteiger partial charge is 0.335 e. The summed E-state index contributed by atoms with van der Waals surface area (Å²) in [6.45, 7) is 0.314. The molecule has 0 saturated heterocycles. The molecule has 0 fully saturated rings. The number of phenolic OH excluding ortho intramolecular Hbond substituents is 1. The van der Waals surface area contributed by atoms with Gasteiger partial charge in [-0.3, -0.25) is 4.79 Å². The third-order valence-corrected chi connectivity index (χ3v) is 5.40. The van der Waals surface area contributed by atoms with Crippen LogP contribution in [0.2, 0.25) is 0 Å². The van der Waals surface area contributed by atoms with E-state index in [9.17, 15) is 14.7 Å². The van der Waals surface area contributed by atoms with Gasteiger partial charge in [0, 0.05) is 36.2 Å². The number of benzene rings is 3. The summed E-state index contributed by atoms with van der Waals surface area (Å²) < 4.78 is 5.10. The summed E-state index contributed by atoms with van der Waals surface area (Å²) in [6, 6.07) is 19.0. The lowest BCUT2D eigenvalue weighted by molar-refractivity contribution is 0.0696. The molecule has 0 atom stereocenters. The van der Waals surface area contributed by atoms with Crippen molar-refractivity contribution < 1.29 is 24.5 Å². The van der Waals surface area contributed by atoms with Gasteiger partial charge >= 0.3 is 5.97 Å². The van der Waals surface area contributed by atoms with E-state index < -0.39 is 5.97 Å². The number of ether oxygens (including phenoxy) is 1. The molecule has 0 aliphatic carbocycles. The molecule has 0 saturated carbocycles. The van der Waals surface area contributed by atoms with Crippen molar-refractivity contribution in [2.45, 2.75) is 13.0 Å². The Balaban J connectivity index is 1.54. The van der Waals surface area contributed by atoms with Gasteiger partial charge in [-0.05, 0) is 52.4 Å². The quantitative estimate of drug-likeness (QED) is 0.396. The second kappa shape index (κ2) is 9.40. The molecule has 3 aromatic carbocycles. The average Bonchev–Trinajstić information content (AvgIpc) is 2.84. The highest BCUT2D eigenvalue weighted by Gasteiger charge is 2.12. The molecule has 1 aromatic heterocycles. The van der Waals surface area contributed by atoms with Crippen molar-refractivity contribution in [2.75, 3.05) is 7.11 Å². The van der Waals surface area contributed by atoms with Gasteiger partial charge in [-0.25, -0.2) is 9.78 Å². The molecule has 1 heterocycles. The number of hydrogen-bond acceptors (Lipinski definition) is 5. The van der Waals surface area contributed by atoms with Crippen LogP contribution in [0, 0.1) is 0 Å². The number of carboxylic acid groups (broad SMARTS) is 1. The molecule has 33 heavy (non-hydrogen) atoms. The number of hydrogen-bond donors (Lipinski definition) is 3. The van der Waals surface area contributed by atoms with Crippen molar-refractivity contribution in [3.8, 4) is 11.6 Å². The normalized spacial score (nSPS) is 10.7. The van der Waals surface area contributed by atoms with Crippen LogP contribution in [0.5, 0.6) is 11.6 Å². The number of nitrogens with one attached hydrogen (secondary N) is 1. The number of nitrogens with zero attached hydrogens (tertiary/aromatic N) is 1. The number of rotatable bonds is 7. The fourth-order valence-corrected chi connectivity index (χ4v) is 3.57. The zero-order chi connectivity index (χ0) is 23.4. The number of pyridine rings is 1. The molecule has 0 spiro atoms. The predicted octanol–water partition coefficient (Wildman–Crippen LogP) is 4.17. The lowest BCUT2D eigenvalue weighted by atomic mass is 9.98. The number of carbonyl (C=O) groups excluding carboxylic acids is 1. The van der Waals surface area contributed by atoms with Crippen LogP contribution in [0.1, 0.15) is 37.4 Å². The second-order valence-electron chi connectivity index (χ2n) is 7.58. The first-order valence-corrected chi connectivity index (χ1v) is 10.3. The largest absolute Gasteiger partial charge is 0.507 e. The van der Waals surface area contributed by atoms with Gasteiger partial charge in [-0.1, -0.05) is 30.3 Å². The molecule has 166 valence electrons. The Labute approximate surface area is 190 Å². The molecule has 0 unspecified atom stereocenters. The Morgan fingerprint density at radius 2 is 1.67 bits per heavy atom. The number of amides is 1. The number of carbonyl (C=O) groups is 2. The summed E-state index contributed by atoms with van der Waals surface area (Å²) in [5, 5.41) is 24.2. The summed E-state index contributed by atoms with van der Waals surface area (Å²) in [6.07, 6.45) is 2.05. The highest BCUT2D eigenvalue weighted by molar-refractivity contribution is 6.00. The molecule has 4 rings (SSSR count). The van der Waals surface area contributed by atoms with E-state index in [0.29, 0.717) is 35.4 Å². The summed E-state index contributed by atoms with van der Waals surface area (Å²) in [7, 11) is 1.53. The minimum absolute atomic E-state index is 0.100. The molecule has 4 aromatic rings. The Morgan fingerprint density at radius 1 is 0.939 bits per heavy atom. The van der Waals surface area contributed by atoms with Crippen molar-refractivity contribution >= 4 is 22.6 Å². The lowest BCUT2D eigenvalue weighted by Gasteiger charge is -2.11. The highest BCUT2D eigenvalue weighted by Crippen LogP contribution is 2.31. The van der Waals surface area contributed by atoms with E-state index in [4.69, 9.17) is 9.84 Å². The Kier molecular flexibility index (Phi) is 6.22. The summed E-state index contributed by atoms with van der Waals surface area (Å²) >= 11 is 0. The first-order valence-electron chi connectivity index (χ1n) is 10.3. The second-order valence-corrected chi connectivity index (χ2v) is 7.58. The zero-order valence-electron chi connectivity index (χ0n) is 17.9. The SMILES string of the molecule is COc1cc(CNC(=O)c2ccc3ccc(Cc4ccc(C(=O)O)cc4)c(O)c3c2)ccn1. The molecular formula is C26H22N2O5. The van der Waals surface area contributed by atoms with E-state index in [1.807, 2.05) is 12.1 Å². The fourth-order valence-electron chi connectivity index (χ4n) is 3.57. The van der Waals surface area contributed by atoms with Crippen molar-refractivity contribution in [3.63, 3.8) is 0 Å². The molecule has 0 aliphatic rings. The molecule has 7 heteroatoms. The molecule has 1 amide bonds. The monoisotopic (exact) mass is 442 g/mol. The minimum atomic E-state index is -0.982. The van der Waals surface area contributed by atoms with E-state index in [0.717, 1.165) is 16.5 Å². The van der Waals surface area contributed by atoms with E-state index in [1.54, 1.807) is 48.7 Å². The maximum atomic E-state index is 12.7. The standard InChI is InChI=1S/C26H22N2O5/c1-33-23-13-17(10-11-27-23)15-28-25(30)21-9-7-18-6-8-20(24(29)22(18)14-21)12-16-2-4-19(5-3-16)26(31)32/h2-11,13-14,29H,12,15H2,1H3,(H,28,30)(H,31,32). The average molecular weight is 442 g/mol. The summed E-state index contributed by atoms with van der Waals surface area (Å²) in [5.41, 5.74) is 3.06. The number of aromatic hydroxyl groups is 1. The van der Waals surface area contributed by atoms with Crippen LogP contribution in [0.4, 0.5) is 0 Å². The number of aromatic nitrogens is 1. The minimum Gasteiger partial charge on any atom is -0.507 e. The third-order valence-electron chi connectivity index (χ3n) is 5.40. The van der Waals surface area contributed by atoms with Gasteiger partial charge in [0.25, 0.3) is 5.91 Å². The molecule has 0 bridgehead atoms. The Hall–Kier alpha value is -4.39. The Morgan fingerprint density at radius 3 is 2.39 bits per heavy atom. The summed E-state index contributed by atoms with van der Waals surface area (Å²) in [5.74, 6) is -0.670. The van der Waals surface area contributed by atoms with Gasteiger partial charge in [0.2, 0.25) is 5.88 Å². The van der Waals surface area contributed by atoms with Gasteiger partial charge in [-0.15, -0.1) is 0 Å². The van der Waals surface area contributed by atoms with Crippen LogP contribution in [-0.2, 0) is 13.0 Å². The molecule has 0 aliphatic heterocycles. The number of aromatic carboxylic acids is 1. The molecular weight excluding hydrogens is 420 g/mol. The number of fused-ring (bicyclic) bond motifs is 1. The van der Waals surface area contributed by atoms with Crippen LogP contribution in [-0.4, -0.2) is 34.2 Å². The summed E-state index contributed by atoms with van der Waals surface area (Å²) in [4.78, 5) is 27.8. The van der Waals surface area contributed by atoms with E-state index in [1.165, 1.54) is 19.2 Å². The number of methoxy groups -OCH3 is 1. The maximum Gasteiger partial charge on any atom is 0.335 e. The Bertz CT molecular complexity index is 1330. The number of carboxylic acids is 1. The topological polar surface area (TPSA) is 109 Å². The molecule has 0 radical (unpaired) electrons. The van der Waals surface area contributed by atoms with E-state index in [-0.39, 0.29) is 17.2 Å². The van der Waals surface area contributed by atoms with Gasteiger partial charge in [0.1, 0.15) is 5.75 Å². The molecule has 3 N–H and O–H groups in total. The van der Waals surface area contributed by atoms with E-state index in [2.05, 4.69) is 10.3 Å². The van der Waals surface area contributed by atoms with Crippen molar-refractivity contribution in [2.24, 2.45) is 0 Å². The van der Waals surface area contributed by atoms with Crippen LogP contribution >= 0.6 is 0 Å². The van der Waals surface area contributed by atoms with E-state index >= 15 is 0 Å². The molecule has 7 nitrogen and oxygen atoms in total. The van der Waals surface area contributed by atoms with Crippen molar-refractivity contribution in [1.29, 1.82) is 0 Å². The van der Waals surface area contributed by atoms with Gasteiger partial charge in [-0.2, -0.15) is 0 Å². The first kappa shape index (κ1) is 21.8. The maximum absolute atomic E-state index is 12.7. The van der Waals surface area contributed by atoms with Crippen LogP contribution in [0.25, 0.3) is 10.8 Å². The zero-order valence-corrected chi connectivity index (χ0v) is 17.9. The number of phenols is 1. The van der Waals surface area contributed by atoms with Crippen molar-refractivity contribution in [1.82, 2.24) is 10.3 Å². The third kappa shape index (κ3) is 4.93. The van der Waals surface area contributed by atoms with Crippen LogP contribution in [0.3, 0.4) is 0 Å². The van der Waals surface area contributed by atoms with Crippen molar-refractivity contribution in [3.05, 3.63) is 101 Å². The highest BCUT2D eigenvalue weighted by atomic mass is 16.5. The first-order chi connectivity index (χ1) is 15.9. The van der Waals surface area contributed by atoms with Gasteiger partial charge in [0.05, 0.1) is 12.7 Å². The lowest BCUT2D eigenvalue weighted by Crippen LogP contribution is -2.22. The van der Waals surface area contributed by atoms with Crippen LogP contribution in [0.15, 0.2) is 72.9 Å². The van der Waals surface area contributed by atoms with Gasteiger partial charge < -0.3 is 20.3 Å². The van der Waals surface area contributed by atoms with Crippen LogP contribution < -0.4 is 10.1 Å². The fraction of sp³-hybridized carbons (Fsp3) is 0.115. The van der Waals surface area contributed by atoms with Gasteiger partial charge in [0.15, 0.2) is 0 Å². The predicted molar refractivity (Wildman–Crippen MR) is 124 cm³/mol.